The summed E-state index contributed by atoms with van der Waals surface area (Å²) in [6, 6.07) is 1.96. The Hall–Kier alpha value is -1.66. The molecular weight excluding hydrogens is 218 g/mol. The summed E-state index contributed by atoms with van der Waals surface area (Å²) in [7, 11) is 3.61. The fraction of sp³-hybridized carbons (Fsp3) is 0.455. The van der Waals surface area contributed by atoms with E-state index in [-0.39, 0.29) is 0 Å². The Morgan fingerprint density at radius 2 is 2.41 bits per heavy atom. The van der Waals surface area contributed by atoms with Crippen molar-refractivity contribution in [3.05, 3.63) is 24.0 Å². The van der Waals surface area contributed by atoms with Crippen LogP contribution in [0.3, 0.4) is 0 Å². The van der Waals surface area contributed by atoms with E-state index < -0.39 is 0 Å². The third-order valence-corrected chi connectivity index (χ3v) is 2.59. The molecule has 2 heterocycles. The number of aromatic amines is 1. The third kappa shape index (κ3) is 2.72. The second-order valence-electron chi connectivity index (χ2n) is 3.78. The number of nitrogens with one attached hydrogen (secondary N) is 2. The van der Waals surface area contributed by atoms with Crippen LogP contribution in [0, 0.1) is 0 Å². The molecule has 0 radical (unpaired) electrons. The molecule has 6 heteroatoms. The zero-order valence-electron chi connectivity index (χ0n) is 10.1. The van der Waals surface area contributed by atoms with Crippen molar-refractivity contribution in [3.8, 4) is 11.4 Å². The minimum Gasteiger partial charge on any atom is -0.383 e. The maximum Gasteiger partial charge on any atom is 0.0876 e. The molecule has 6 nitrogen and oxygen atoms in total. The molecule has 17 heavy (non-hydrogen) atoms. The Labute approximate surface area is 100.0 Å². The quantitative estimate of drug-likeness (QED) is 0.717. The van der Waals surface area contributed by atoms with Gasteiger partial charge in [0.1, 0.15) is 0 Å². The minimum absolute atomic E-state index is 0.707. The van der Waals surface area contributed by atoms with Gasteiger partial charge in [0, 0.05) is 39.0 Å². The molecule has 0 aliphatic rings. The number of H-pyrrole nitrogens is 1. The molecule has 0 aliphatic carbocycles. The average Bonchev–Trinajstić information content (AvgIpc) is 2.93. The van der Waals surface area contributed by atoms with Gasteiger partial charge in [-0.05, 0) is 6.07 Å². The maximum absolute atomic E-state index is 4.98. The van der Waals surface area contributed by atoms with E-state index in [9.17, 15) is 0 Å². The van der Waals surface area contributed by atoms with Gasteiger partial charge in [-0.15, -0.1) is 0 Å². The lowest BCUT2D eigenvalue weighted by molar-refractivity contribution is 0.199. The Kier molecular flexibility index (Phi) is 3.89. The minimum atomic E-state index is 0.707. The Bertz CT molecular complexity index is 462. The van der Waals surface area contributed by atoms with Gasteiger partial charge in [0.15, 0.2) is 0 Å². The monoisotopic (exact) mass is 235 g/mol. The molecule has 0 aromatic carbocycles. The summed E-state index contributed by atoms with van der Waals surface area (Å²) in [4.78, 5) is 0. The molecular formula is C11H17N5O. The molecule has 2 aromatic rings. The van der Waals surface area contributed by atoms with Crippen molar-refractivity contribution < 1.29 is 4.74 Å². The first-order valence-electron chi connectivity index (χ1n) is 5.53. The number of aromatic nitrogens is 4. The van der Waals surface area contributed by atoms with Crippen molar-refractivity contribution in [2.24, 2.45) is 7.05 Å². The molecule has 0 saturated heterocycles. The standard InChI is InChI=1S/C11H17N5O/c1-16-10(3-4-14-16)11-9(8-13-15-11)7-12-5-6-17-2/h3-4,8,12H,5-7H2,1-2H3,(H,13,15). The highest BCUT2D eigenvalue weighted by Gasteiger charge is 2.10. The van der Waals surface area contributed by atoms with Gasteiger partial charge in [-0.25, -0.2) is 0 Å². The van der Waals surface area contributed by atoms with Gasteiger partial charge in [0.05, 0.1) is 24.2 Å². The van der Waals surface area contributed by atoms with Crippen LogP contribution in [0.15, 0.2) is 18.5 Å². The largest absolute Gasteiger partial charge is 0.383 e. The summed E-state index contributed by atoms with van der Waals surface area (Å²) >= 11 is 0. The molecule has 0 amide bonds. The van der Waals surface area contributed by atoms with Crippen molar-refractivity contribution in [2.75, 3.05) is 20.3 Å². The molecule has 0 fully saturated rings. The van der Waals surface area contributed by atoms with E-state index in [0.29, 0.717) is 6.61 Å². The van der Waals surface area contributed by atoms with Crippen LogP contribution in [0.4, 0.5) is 0 Å². The fourth-order valence-corrected chi connectivity index (χ4v) is 1.68. The second kappa shape index (κ2) is 5.60. The molecule has 0 saturated carbocycles. The van der Waals surface area contributed by atoms with Crippen LogP contribution in [0.5, 0.6) is 0 Å². The molecule has 0 bridgehead atoms. The summed E-state index contributed by atoms with van der Waals surface area (Å²) in [6.07, 6.45) is 3.61. The first kappa shape index (κ1) is 11.8. The zero-order valence-corrected chi connectivity index (χ0v) is 10.1. The van der Waals surface area contributed by atoms with Gasteiger partial charge >= 0.3 is 0 Å². The molecule has 0 spiro atoms. The van der Waals surface area contributed by atoms with Crippen molar-refractivity contribution >= 4 is 0 Å². The lowest BCUT2D eigenvalue weighted by atomic mass is 10.2. The second-order valence-corrected chi connectivity index (χ2v) is 3.78. The average molecular weight is 235 g/mol. The first-order chi connectivity index (χ1) is 8.33. The number of hydrogen-bond acceptors (Lipinski definition) is 4. The Morgan fingerprint density at radius 1 is 1.53 bits per heavy atom. The predicted molar refractivity (Wildman–Crippen MR) is 64.4 cm³/mol. The highest BCUT2D eigenvalue weighted by Crippen LogP contribution is 2.19. The summed E-state index contributed by atoms with van der Waals surface area (Å²) < 4.78 is 6.81. The predicted octanol–water partition coefficient (Wildman–Crippen LogP) is 0.546. The molecule has 0 atom stereocenters. The van der Waals surface area contributed by atoms with Gasteiger partial charge in [-0.2, -0.15) is 10.2 Å². The summed E-state index contributed by atoms with van der Waals surface area (Å²) in [6.45, 7) is 2.30. The zero-order chi connectivity index (χ0) is 12.1. The number of aryl methyl sites for hydroxylation is 1. The molecule has 0 unspecified atom stereocenters. The van der Waals surface area contributed by atoms with Gasteiger partial charge in [-0.1, -0.05) is 0 Å². The lowest BCUT2D eigenvalue weighted by Crippen LogP contribution is -2.18. The highest BCUT2D eigenvalue weighted by molar-refractivity contribution is 5.58. The lowest BCUT2D eigenvalue weighted by Gasteiger charge is -2.05. The van der Waals surface area contributed by atoms with Crippen LogP contribution >= 0.6 is 0 Å². The van der Waals surface area contributed by atoms with E-state index in [1.54, 1.807) is 13.3 Å². The highest BCUT2D eigenvalue weighted by atomic mass is 16.5. The van der Waals surface area contributed by atoms with E-state index in [1.165, 1.54) is 0 Å². The smallest absolute Gasteiger partial charge is 0.0876 e. The van der Waals surface area contributed by atoms with Crippen molar-refractivity contribution in [1.29, 1.82) is 0 Å². The van der Waals surface area contributed by atoms with Crippen LogP contribution in [0.1, 0.15) is 5.56 Å². The topological polar surface area (TPSA) is 67.8 Å². The van der Waals surface area contributed by atoms with Gasteiger partial charge in [0.25, 0.3) is 0 Å². The fourth-order valence-electron chi connectivity index (χ4n) is 1.68. The van der Waals surface area contributed by atoms with E-state index in [1.807, 2.05) is 24.0 Å². The third-order valence-electron chi connectivity index (χ3n) is 2.59. The summed E-state index contributed by atoms with van der Waals surface area (Å²) in [5.74, 6) is 0. The first-order valence-corrected chi connectivity index (χ1v) is 5.53. The Balaban J connectivity index is 2.05. The Morgan fingerprint density at radius 3 is 3.12 bits per heavy atom. The number of methoxy groups -OCH3 is 1. The van der Waals surface area contributed by atoms with Crippen LogP contribution < -0.4 is 5.32 Å². The molecule has 2 aromatic heterocycles. The van der Waals surface area contributed by atoms with E-state index in [4.69, 9.17) is 4.74 Å². The van der Waals surface area contributed by atoms with Gasteiger partial charge in [0.2, 0.25) is 0 Å². The van der Waals surface area contributed by atoms with Gasteiger partial charge < -0.3 is 10.1 Å². The summed E-state index contributed by atoms with van der Waals surface area (Å²) in [5, 5.41) is 14.5. The SMILES string of the molecule is COCCNCc1cn[nH]c1-c1ccnn1C. The number of hydrogen-bond donors (Lipinski definition) is 2. The van der Waals surface area contributed by atoms with Crippen LogP contribution in [-0.4, -0.2) is 40.2 Å². The summed E-state index contributed by atoms with van der Waals surface area (Å²) in [5.41, 5.74) is 3.17. The van der Waals surface area contributed by atoms with Crippen LogP contribution in [-0.2, 0) is 18.3 Å². The van der Waals surface area contributed by atoms with E-state index >= 15 is 0 Å². The number of nitrogens with zero attached hydrogens (tertiary/aromatic N) is 3. The number of rotatable bonds is 6. The van der Waals surface area contributed by atoms with Crippen LogP contribution in [0.2, 0.25) is 0 Å². The van der Waals surface area contributed by atoms with Gasteiger partial charge in [-0.3, -0.25) is 9.78 Å². The molecule has 92 valence electrons. The van der Waals surface area contributed by atoms with E-state index in [2.05, 4.69) is 20.6 Å². The molecule has 2 rings (SSSR count). The molecule has 0 aliphatic heterocycles. The maximum atomic E-state index is 4.98. The van der Waals surface area contributed by atoms with E-state index in [0.717, 1.165) is 30.0 Å². The molecule has 2 N–H and O–H groups in total. The number of ether oxygens (including phenoxy) is 1. The van der Waals surface area contributed by atoms with Crippen molar-refractivity contribution in [3.63, 3.8) is 0 Å². The van der Waals surface area contributed by atoms with Crippen molar-refractivity contribution in [2.45, 2.75) is 6.54 Å². The van der Waals surface area contributed by atoms with Crippen molar-refractivity contribution in [1.82, 2.24) is 25.3 Å². The normalized spacial score (nSPS) is 10.9. The van der Waals surface area contributed by atoms with Crippen LogP contribution in [0.25, 0.3) is 11.4 Å².